The molecule has 108 valence electrons. The van der Waals surface area contributed by atoms with Crippen LogP contribution in [0.25, 0.3) is 11.5 Å². The van der Waals surface area contributed by atoms with Gasteiger partial charge in [0.1, 0.15) is 5.75 Å². The predicted octanol–water partition coefficient (Wildman–Crippen LogP) is 1.40. The third-order valence-corrected chi connectivity index (χ3v) is 2.80. The summed E-state index contributed by atoms with van der Waals surface area (Å²) in [5.74, 6) is 1.86. The molecule has 6 nitrogen and oxygen atoms in total. The summed E-state index contributed by atoms with van der Waals surface area (Å²) in [6.07, 6.45) is 0. The van der Waals surface area contributed by atoms with Crippen LogP contribution in [0.15, 0.2) is 28.7 Å². The average molecular weight is 276 g/mol. The van der Waals surface area contributed by atoms with E-state index >= 15 is 0 Å². The van der Waals surface area contributed by atoms with Gasteiger partial charge >= 0.3 is 0 Å². The van der Waals surface area contributed by atoms with E-state index in [0.29, 0.717) is 18.3 Å². The first-order chi connectivity index (χ1) is 9.69. The number of nitrogens with zero attached hydrogens (tertiary/aromatic N) is 3. The van der Waals surface area contributed by atoms with Gasteiger partial charge in [-0.05, 0) is 32.3 Å². The van der Waals surface area contributed by atoms with Crippen LogP contribution in [0.2, 0.25) is 0 Å². The summed E-state index contributed by atoms with van der Waals surface area (Å²) < 4.78 is 10.8. The summed E-state index contributed by atoms with van der Waals surface area (Å²) in [4.78, 5) is 2.11. The van der Waals surface area contributed by atoms with Gasteiger partial charge in [-0.25, -0.2) is 0 Å². The number of hydrogen-bond acceptors (Lipinski definition) is 6. The lowest BCUT2D eigenvalue weighted by Gasteiger charge is -2.08. The zero-order valence-electron chi connectivity index (χ0n) is 12.1. The van der Waals surface area contributed by atoms with Crippen molar-refractivity contribution in [1.29, 1.82) is 0 Å². The Morgan fingerprint density at radius 2 is 2.15 bits per heavy atom. The molecule has 0 fully saturated rings. The average Bonchev–Trinajstić information content (AvgIpc) is 2.92. The van der Waals surface area contributed by atoms with Crippen molar-refractivity contribution in [2.75, 3.05) is 34.3 Å². The molecule has 1 aromatic heterocycles. The van der Waals surface area contributed by atoms with Crippen LogP contribution in [-0.2, 0) is 6.54 Å². The molecule has 0 atom stereocenters. The summed E-state index contributed by atoms with van der Waals surface area (Å²) in [6.45, 7) is 2.42. The molecule has 1 heterocycles. The predicted molar refractivity (Wildman–Crippen MR) is 76.5 cm³/mol. The second kappa shape index (κ2) is 7.02. The number of aromatic nitrogens is 2. The highest BCUT2D eigenvalue weighted by Gasteiger charge is 2.08. The van der Waals surface area contributed by atoms with E-state index in [1.54, 1.807) is 7.11 Å². The van der Waals surface area contributed by atoms with Crippen molar-refractivity contribution in [3.8, 4) is 17.2 Å². The van der Waals surface area contributed by atoms with Crippen molar-refractivity contribution in [2.45, 2.75) is 6.54 Å². The summed E-state index contributed by atoms with van der Waals surface area (Å²) in [5, 5.41) is 11.3. The Morgan fingerprint density at radius 1 is 1.30 bits per heavy atom. The number of rotatable bonds is 7. The van der Waals surface area contributed by atoms with Gasteiger partial charge in [-0.3, -0.25) is 0 Å². The fourth-order valence-corrected chi connectivity index (χ4v) is 1.70. The van der Waals surface area contributed by atoms with Gasteiger partial charge in [0, 0.05) is 18.7 Å². The van der Waals surface area contributed by atoms with Crippen molar-refractivity contribution >= 4 is 0 Å². The van der Waals surface area contributed by atoms with Crippen LogP contribution >= 0.6 is 0 Å². The molecule has 1 aromatic carbocycles. The minimum atomic E-state index is 0.508. The lowest BCUT2D eigenvalue weighted by atomic mass is 10.2. The molecular weight excluding hydrogens is 256 g/mol. The molecule has 6 heteroatoms. The molecule has 0 aliphatic heterocycles. The highest BCUT2D eigenvalue weighted by molar-refractivity contribution is 5.55. The smallest absolute Gasteiger partial charge is 0.247 e. The van der Waals surface area contributed by atoms with Crippen LogP contribution in [0.4, 0.5) is 0 Å². The third-order valence-electron chi connectivity index (χ3n) is 2.80. The van der Waals surface area contributed by atoms with Crippen molar-refractivity contribution in [1.82, 2.24) is 20.4 Å². The molecular formula is C14H20N4O2. The molecule has 0 spiro atoms. The van der Waals surface area contributed by atoms with Gasteiger partial charge in [-0.15, -0.1) is 10.2 Å². The van der Waals surface area contributed by atoms with Crippen molar-refractivity contribution in [3.63, 3.8) is 0 Å². The van der Waals surface area contributed by atoms with Crippen LogP contribution < -0.4 is 10.1 Å². The Balaban J connectivity index is 1.94. The van der Waals surface area contributed by atoms with Crippen LogP contribution in [0.1, 0.15) is 5.89 Å². The minimum Gasteiger partial charge on any atom is -0.497 e. The molecule has 0 aliphatic carbocycles. The Morgan fingerprint density at radius 3 is 2.90 bits per heavy atom. The second-order valence-corrected chi connectivity index (χ2v) is 4.71. The summed E-state index contributed by atoms with van der Waals surface area (Å²) in [7, 11) is 5.71. The van der Waals surface area contributed by atoms with Gasteiger partial charge in [-0.1, -0.05) is 6.07 Å². The fourth-order valence-electron chi connectivity index (χ4n) is 1.70. The summed E-state index contributed by atoms with van der Waals surface area (Å²) in [5.41, 5.74) is 0.858. The highest BCUT2D eigenvalue weighted by Crippen LogP contribution is 2.22. The van der Waals surface area contributed by atoms with E-state index in [1.165, 1.54) is 0 Å². The zero-order valence-corrected chi connectivity index (χ0v) is 12.1. The number of ether oxygens (including phenoxy) is 1. The fraction of sp³-hybridized carbons (Fsp3) is 0.429. The van der Waals surface area contributed by atoms with Crippen LogP contribution in [0.5, 0.6) is 5.75 Å². The van der Waals surface area contributed by atoms with Gasteiger partial charge in [-0.2, -0.15) is 0 Å². The Hall–Kier alpha value is -1.92. The van der Waals surface area contributed by atoms with E-state index in [1.807, 2.05) is 38.4 Å². The summed E-state index contributed by atoms with van der Waals surface area (Å²) in [6, 6.07) is 7.56. The summed E-state index contributed by atoms with van der Waals surface area (Å²) >= 11 is 0. The van der Waals surface area contributed by atoms with Gasteiger partial charge < -0.3 is 19.4 Å². The van der Waals surface area contributed by atoms with E-state index < -0.39 is 0 Å². The lowest BCUT2D eigenvalue weighted by Crippen LogP contribution is -2.26. The molecule has 0 saturated carbocycles. The van der Waals surface area contributed by atoms with Crippen molar-refractivity contribution in [2.24, 2.45) is 0 Å². The first-order valence-corrected chi connectivity index (χ1v) is 6.51. The molecule has 0 unspecified atom stereocenters. The number of likely N-dealkylation sites (N-methyl/N-ethyl adjacent to an activating group) is 1. The monoisotopic (exact) mass is 276 g/mol. The lowest BCUT2D eigenvalue weighted by molar-refractivity contribution is 0.390. The number of hydrogen-bond donors (Lipinski definition) is 1. The number of methoxy groups -OCH3 is 1. The molecule has 2 rings (SSSR count). The first-order valence-electron chi connectivity index (χ1n) is 6.51. The molecule has 0 bridgehead atoms. The van der Waals surface area contributed by atoms with E-state index in [-0.39, 0.29) is 0 Å². The first kappa shape index (κ1) is 14.5. The van der Waals surface area contributed by atoms with E-state index in [4.69, 9.17) is 9.15 Å². The zero-order chi connectivity index (χ0) is 14.4. The maximum Gasteiger partial charge on any atom is 0.247 e. The highest BCUT2D eigenvalue weighted by atomic mass is 16.5. The van der Waals surface area contributed by atoms with Crippen LogP contribution in [0, 0.1) is 0 Å². The van der Waals surface area contributed by atoms with Gasteiger partial charge in [0.05, 0.1) is 13.7 Å². The van der Waals surface area contributed by atoms with Crippen molar-refractivity contribution in [3.05, 3.63) is 30.2 Å². The Kier molecular flexibility index (Phi) is 5.09. The maximum atomic E-state index is 5.62. The molecule has 2 aromatic rings. The quantitative estimate of drug-likeness (QED) is 0.771. The molecule has 0 aliphatic rings. The maximum absolute atomic E-state index is 5.62. The molecule has 20 heavy (non-hydrogen) atoms. The van der Waals surface area contributed by atoms with Gasteiger partial charge in [0.25, 0.3) is 0 Å². The third kappa shape index (κ3) is 4.04. The minimum absolute atomic E-state index is 0.508. The molecule has 1 N–H and O–H groups in total. The molecule has 0 saturated heterocycles. The topological polar surface area (TPSA) is 63.4 Å². The van der Waals surface area contributed by atoms with Crippen molar-refractivity contribution < 1.29 is 9.15 Å². The second-order valence-electron chi connectivity index (χ2n) is 4.71. The van der Waals surface area contributed by atoms with Crippen LogP contribution in [0.3, 0.4) is 0 Å². The molecule has 0 amide bonds. The largest absolute Gasteiger partial charge is 0.497 e. The Bertz CT molecular complexity index is 539. The van der Waals surface area contributed by atoms with E-state index in [2.05, 4.69) is 20.4 Å². The normalized spacial score (nSPS) is 11.0. The van der Waals surface area contributed by atoms with E-state index in [0.717, 1.165) is 24.4 Å². The number of benzene rings is 1. The number of nitrogens with one attached hydrogen (secondary N) is 1. The van der Waals surface area contributed by atoms with Gasteiger partial charge in [0.15, 0.2) is 0 Å². The Labute approximate surface area is 118 Å². The van der Waals surface area contributed by atoms with E-state index in [9.17, 15) is 0 Å². The standard InChI is InChI=1S/C14H20N4O2/c1-18(2)8-7-15-10-13-16-17-14(20-13)11-5-4-6-12(9-11)19-3/h4-6,9,15H,7-8,10H2,1-3H3. The SMILES string of the molecule is COc1cccc(-c2nnc(CNCCN(C)C)o2)c1. The van der Waals surface area contributed by atoms with Gasteiger partial charge in [0.2, 0.25) is 11.8 Å². The van der Waals surface area contributed by atoms with Crippen LogP contribution in [-0.4, -0.2) is 49.4 Å². The molecule has 0 radical (unpaired) electrons.